The van der Waals surface area contributed by atoms with Crippen molar-refractivity contribution in [2.75, 3.05) is 0 Å². The van der Waals surface area contributed by atoms with Crippen molar-refractivity contribution in [2.45, 2.75) is 229 Å². The summed E-state index contributed by atoms with van der Waals surface area (Å²) in [4.78, 5) is 13.2. The Morgan fingerprint density at radius 3 is 1.96 bits per heavy atom. The number of fused-ring (bicyclic) bond motifs is 5. The van der Waals surface area contributed by atoms with Gasteiger partial charge in [0.1, 0.15) is 6.10 Å². The van der Waals surface area contributed by atoms with Crippen molar-refractivity contribution in [1.82, 2.24) is 0 Å². The molecule has 2 nitrogen and oxygen atoms in total. The van der Waals surface area contributed by atoms with E-state index < -0.39 is 0 Å². The molecule has 4 aliphatic rings. The quantitative estimate of drug-likeness (QED) is 0.0680. The molecule has 0 aliphatic heterocycles. The molecule has 50 heavy (non-hydrogen) atoms. The lowest BCUT2D eigenvalue weighted by molar-refractivity contribution is -0.177. The molecule has 0 aromatic rings. The van der Waals surface area contributed by atoms with Gasteiger partial charge in [-0.25, -0.2) is 0 Å². The molecule has 0 saturated heterocycles. The molecule has 8 atom stereocenters. The topological polar surface area (TPSA) is 26.3 Å². The van der Waals surface area contributed by atoms with Gasteiger partial charge in [0, 0.05) is 11.8 Å². The fourth-order valence-corrected chi connectivity index (χ4v) is 12.5. The maximum atomic E-state index is 13.2. The highest BCUT2D eigenvalue weighted by Gasteiger charge is 2.65. The summed E-state index contributed by atoms with van der Waals surface area (Å²) in [7, 11) is 0. The van der Waals surface area contributed by atoms with Gasteiger partial charge < -0.3 is 4.74 Å². The van der Waals surface area contributed by atoms with E-state index in [1.807, 2.05) is 5.57 Å². The summed E-state index contributed by atoms with van der Waals surface area (Å²) >= 11 is 0. The van der Waals surface area contributed by atoms with Crippen LogP contribution < -0.4 is 0 Å². The summed E-state index contributed by atoms with van der Waals surface area (Å²) in [6.07, 6.45) is 37.6. The van der Waals surface area contributed by atoms with E-state index >= 15 is 0 Å². The van der Waals surface area contributed by atoms with Gasteiger partial charge in [-0.15, -0.1) is 0 Å². The standard InChI is InChI=1S/C48H84O2/c1-10-11-12-13-14-15-16-17-18-19-20-21-22-23-24-28-44(49)50-43-33-34-46(7)40-32-36-47(8)39(38(4)27-25-26-37(2)3)31-35-48(47,9)41(40)29-30-42(46)45(43,5)6/h26,29,38-40,42-43H,10-25,27-28,30-36H2,1-9H3/t38-,39+,40+,42+,43+,46-,47+,48-/m1/s1. The van der Waals surface area contributed by atoms with Gasteiger partial charge >= 0.3 is 5.97 Å². The van der Waals surface area contributed by atoms with Crippen molar-refractivity contribution in [3.63, 3.8) is 0 Å². The minimum Gasteiger partial charge on any atom is -0.462 e. The van der Waals surface area contributed by atoms with Crippen molar-refractivity contribution in [2.24, 2.45) is 45.3 Å². The van der Waals surface area contributed by atoms with Gasteiger partial charge in [-0.05, 0) is 118 Å². The van der Waals surface area contributed by atoms with Crippen molar-refractivity contribution < 1.29 is 9.53 Å². The summed E-state index contributed by atoms with van der Waals surface area (Å²) < 4.78 is 6.38. The average Bonchev–Trinajstić information content (AvgIpc) is 3.35. The smallest absolute Gasteiger partial charge is 0.306 e. The molecule has 4 rings (SSSR count). The van der Waals surface area contributed by atoms with Crippen LogP contribution >= 0.6 is 0 Å². The molecule has 0 amide bonds. The SMILES string of the molecule is CCCCCCCCCCCCCCCCCC(=O)O[C@H]1CC[C@]2(C)[C@H]3CC[C@@]4(C)[C@H]([C@H](C)CCC=C(C)C)CC[C@]4(C)C3=CC[C@H]2C1(C)C. The Kier molecular flexibility index (Phi) is 15.7. The molecular weight excluding hydrogens is 609 g/mol. The summed E-state index contributed by atoms with van der Waals surface area (Å²) in [5.74, 6) is 2.95. The van der Waals surface area contributed by atoms with Crippen LogP contribution in [0, 0.1) is 45.3 Å². The first-order chi connectivity index (χ1) is 23.8. The fourth-order valence-electron chi connectivity index (χ4n) is 12.5. The van der Waals surface area contributed by atoms with Gasteiger partial charge in [0.05, 0.1) is 0 Å². The number of unbranched alkanes of at least 4 members (excludes halogenated alkanes) is 14. The molecule has 0 aromatic carbocycles. The largest absolute Gasteiger partial charge is 0.462 e. The third-order valence-electron chi connectivity index (χ3n) is 16.0. The molecule has 0 bridgehead atoms. The van der Waals surface area contributed by atoms with Crippen LogP contribution in [0.1, 0.15) is 223 Å². The van der Waals surface area contributed by atoms with Crippen LogP contribution in [0.25, 0.3) is 0 Å². The first-order valence-electron chi connectivity index (χ1n) is 22.3. The zero-order valence-corrected chi connectivity index (χ0v) is 35.0. The molecule has 0 heterocycles. The predicted octanol–water partition coefficient (Wildman–Crippen LogP) is 15.1. The van der Waals surface area contributed by atoms with Gasteiger partial charge in [-0.1, -0.05) is 162 Å². The van der Waals surface area contributed by atoms with Crippen LogP contribution in [0.15, 0.2) is 23.3 Å². The first-order valence-corrected chi connectivity index (χ1v) is 22.3. The third-order valence-corrected chi connectivity index (χ3v) is 16.0. The first kappa shape index (κ1) is 41.7. The second-order valence-electron chi connectivity index (χ2n) is 19.8. The van der Waals surface area contributed by atoms with Crippen molar-refractivity contribution in [1.29, 1.82) is 0 Å². The van der Waals surface area contributed by atoms with Crippen LogP contribution in [0.3, 0.4) is 0 Å². The zero-order chi connectivity index (χ0) is 36.4. The van der Waals surface area contributed by atoms with Gasteiger partial charge in [0.15, 0.2) is 0 Å². The van der Waals surface area contributed by atoms with E-state index in [2.05, 4.69) is 74.5 Å². The lowest BCUT2D eigenvalue weighted by Crippen LogP contribution is -2.58. The molecule has 0 radical (unpaired) electrons. The lowest BCUT2D eigenvalue weighted by atomic mass is 9.41. The van der Waals surface area contributed by atoms with E-state index in [1.165, 1.54) is 140 Å². The van der Waals surface area contributed by atoms with E-state index in [4.69, 9.17) is 4.74 Å². The summed E-state index contributed by atoms with van der Waals surface area (Å²) in [5.41, 5.74) is 4.37. The zero-order valence-electron chi connectivity index (χ0n) is 35.0. The van der Waals surface area contributed by atoms with E-state index in [0.717, 1.165) is 31.1 Å². The molecule has 0 unspecified atom stereocenters. The van der Waals surface area contributed by atoms with Gasteiger partial charge in [-0.3, -0.25) is 4.79 Å². The normalized spacial score (nSPS) is 33.5. The fraction of sp³-hybridized carbons (Fsp3) is 0.896. The average molecular weight is 693 g/mol. The van der Waals surface area contributed by atoms with E-state index in [1.54, 1.807) is 0 Å². The van der Waals surface area contributed by atoms with Crippen LogP contribution in [0.2, 0.25) is 0 Å². The highest BCUT2D eigenvalue weighted by Crippen LogP contribution is 2.73. The summed E-state index contributed by atoms with van der Waals surface area (Å²) in [6.45, 7) is 22.2. The van der Waals surface area contributed by atoms with Crippen molar-refractivity contribution >= 4 is 5.97 Å². The highest BCUT2D eigenvalue weighted by molar-refractivity contribution is 5.69. The lowest BCUT2D eigenvalue weighted by Gasteiger charge is -2.64. The molecule has 0 aromatic heterocycles. The number of rotatable bonds is 21. The predicted molar refractivity (Wildman–Crippen MR) is 216 cm³/mol. The Balaban J connectivity index is 1.20. The molecule has 0 spiro atoms. The second kappa shape index (κ2) is 18.8. The number of ether oxygens (including phenoxy) is 1. The number of carbonyl (C=O) groups excluding carboxylic acids is 1. The minimum absolute atomic E-state index is 0.0129. The second-order valence-corrected chi connectivity index (χ2v) is 19.8. The Bertz CT molecular complexity index is 1110. The number of esters is 1. The minimum atomic E-state index is 0.0129. The number of allylic oxidation sites excluding steroid dienone is 4. The number of hydrogen-bond acceptors (Lipinski definition) is 2. The molecular formula is C48H84O2. The molecule has 3 saturated carbocycles. The third kappa shape index (κ3) is 9.54. The van der Waals surface area contributed by atoms with Gasteiger partial charge in [0.2, 0.25) is 0 Å². The van der Waals surface area contributed by atoms with E-state index in [9.17, 15) is 4.79 Å². The van der Waals surface area contributed by atoms with E-state index in [0.29, 0.717) is 34.5 Å². The Morgan fingerprint density at radius 2 is 1.38 bits per heavy atom. The molecule has 3 fully saturated rings. The van der Waals surface area contributed by atoms with Gasteiger partial charge in [-0.2, -0.15) is 0 Å². The molecule has 288 valence electrons. The number of carbonyl (C=O) groups is 1. The van der Waals surface area contributed by atoms with Crippen LogP contribution in [-0.4, -0.2) is 12.1 Å². The van der Waals surface area contributed by atoms with Crippen LogP contribution in [0.4, 0.5) is 0 Å². The summed E-state index contributed by atoms with van der Waals surface area (Å²) in [5, 5.41) is 0. The van der Waals surface area contributed by atoms with Crippen molar-refractivity contribution in [3.05, 3.63) is 23.3 Å². The summed E-state index contributed by atoms with van der Waals surface area (Å²) in [6, 6.07) is 0. The Morgan fingerprint density at radius 1 is 0.800 bits per heavy atom. The monoisotopic (exact) mass is 693 g/mol. The van der Waals surface area contributed by atoms with Gasteiger partial charge in [0.25, 0.3) is 0 Å². The Labute approximate surface area is 312 Å². The number of hydrogen-bond donors (Lipinski definition) is 0. The maximum Gasteiger partial charge on any atom is 0.306 e. The molecule has 4 aliphatic carbocycles. The highest BCUT2D eigenvalue weighted by atomic mass is 16.5. The molecule has 0 N–H and O–H groups in total. The molecule has 2 heteroatoms. The van der Waals surface area contributed by atoms with Crippen LogP contribution in [0.5, 0.6) is 0 Å². The van der Waals surface area contributed by atoms with E-state index in [-0.39, 0.29) is 17.5 Å². The van der Waals surface area contributed by atoms with Crippen molar-refractivity contribution in [3.8, 4) is 0 Å². The maximum absolute atomic E-state index is 13.2. The van der Waals surface area contributed by atoms with Crippen LogP contribution in [-0.2, 0) is 9.53 Å². The Hall–Kier alpha value is -1.05.